The maximum Gasteiger partial charge on any atom is 0.417 e. The summed E-state index contributed by atoms with van der Waals surface area (Å²) in [6, 6.07) is 5.86. The van der Waals surface area contributed by atoms with Gasteiger partial charge in [-0.05, 0) is 37.7 Å². The smallest absolute Gasteiger partial charge is 0.408 e. The van der Waals surface area contributed by atoms with Crippen LogP contribution in [-0.2, 0) is 0 Å². The van der Waals surface area contributed by atoms with E-state index in [1.54, 1.807) is 0 Å². The van der Waals surface area contributed by atoms with Crippen LogP contribution in [0.1, 0.15) is 18.0 Å². The number of benzene rings is 1. The minimum atomic E-state index is -0.424. The molecule has 0 saturated carbocycles. The largest absolute Gasteiger partial charge is 0.417 e. The van der Waals surface area contributed by atoms with Crippen LogP contribution in [0.5, 0.6) is 0 Å². The van der Waals surface area contributed by atoms with Gasteiger partial charge in [0.05, 0.1) is 5.52 Å². The van der Waals surface area contributed by atoms with E-state index in [0.29, 0.717) is 12.1 Å². The molecule has 1 aromatic carbocycles. The van der Waals surface area contributed by atoms with Crippen LogP contribution in [0.4, 0.5) is 0 Å². The van der Waals surface area contributed by atoms with E-state index in [9.17, 15) is 4.79 Å². The number of rotatable bonds is 4. The maximum atomic E-state index is 11.0. The summed E-state index contributed by atoms with van der Waals surface area (Å²) < 4.78 is 5.01. The maximum absolute atomic E-state index is 11.0. The van der Waals surface area contributed by atoms with Crippen LogP contribution in [0.3, 0.4) is 0 Å². The molecule has 1 aromatic heterocycles. The molecule has 5 nitrogen and oxygen atoms in total. The Kier molecular flexibility index (Phi) is 3.07. The zero-order valence-electron chi connectivity index (χ0n) is 9.12. The molecule has 0 aliphatic carbocycles. The Morgan fingerprint density at radius 2 is 2.38 bits per heavy atom. The van der Waals surface area contributed by atoms with Gasteiger partial charge in [-0.2, -0.15) is 0 Å². The van der Waals surface area contributed by atoms with Gasteiger partial charge in [0, 0.05) is 6.04 Å². The molecule has 0 radical (unpaired) electrons. The summed E-state index contributed by atoms with van der Waals surface area (Å²) in [6.07, 6.45) is 0.844. The number of oxazole rings is 1. The van der Waals surface area contributed by atoms with Crippen LogP contribution in [0.25, 0.3) is 11.1 Å². The Hall–Kier alpha value is -1.59. The van der Waals surface area contributed by atoms with Gasteiger partial charge in [0.15, 0.2) is 5.58 Å². The lowest BCUT2D eigenvalue weighted by Gasteiger charge is -2.15. The first-order valence-electron chi connectivity index (χ1n) is 5.24. The lowest BCUT2D eigenvalue weighted by molar-refractivity contribution is 0.544. The Balaban J connectivity index is 2.40. The van der Waals surface area contributed by atoms with E-state index in [1.165, 1.54) is 0 Å². The molecule has 0 amide bonds. The highest BCUT2D eigenvalue weighted by molar-refractivity contribution is 5.72. The second-order valence-electron chi connectivity index (χ2n) is 3.69. The fraction of sp³-hybridized carbons (Fsp3) is 0.364. The first kappa shape index (κ1) is 10.9. The molecule has 1 heterocycles. The number of hydrogen-bond acceptors (Lipinski definition) is 4. The van der Waals surface area contributed by atoms with E-state index in [2.05, 4.69) is 10.3 Å². The summed E-state index contributed by atoms with van der Waals surface area (Å²) in [5.41, 5.74) is 7.91. The van der Waals surface area contributed by atoms with Gasteiger partial charge < -0.3 is 15.5 Å². The highest BCUT2D eigenvalue weighted by Crippen LogP contribution is 2.20. The van der Waals surface area contributed by atoms with Crippen LogP contribution in [0.2, 0.25) is 0 Å². The van der Waals surface area contributed by atoms with Gasteiger partial charge in [-0.3, -0.25) is 4.98 Å². The SMILES string of the molecule is CNC(CCN)c1ccc2[nH]c(=O)oc2c1. The lowest BCUT2D eigenvalue weighted by Crippen LogP contribution is -2.19. The van der Waals surface area contributed by atoms with Crippen molar-refractivity contribution in [2.75, 3.05) is 13.6 Å². The van der Waals surface area contributed by atoms with E-state index in [-0.39, 0.29) is 6.04 Å². The van der Waals surface area contributed by atoms with Crippen molar-refractivity contribution in [1.29, 1.82) is 0 Å². The number of nitrogens with one attached hydrogen (secondary N) is 2. The van der Waals surface area contributed by atoms with Crippen LogP contribution in [0.15, 0.2) is 27.4 Å². The third-order valence-corrected chi connectivity index (χ3v) is 2.65. The first-order valence-corrected chi connectivity index (χ1v) is 5.24. The molecule has 0 bridgehead atoms. The van der Waals surface area contributed by atoms with E-state index in [1.807, 2.05) is 25.2 Å². The molecule has 0 aliphatic heterocycles. The second kappa shape index (κ2) is 4.51. The first-order chi connectivity index (χ1) is 7.74. The molecule has 2 rings (SSSR count). The molecule has 16 heavy (non-hydrogen) atoms. The highest BCUT2D eigenvalue weighted by atomic mass is 16.4. The fourth-order valence-electron chi connectivity index (χ4n) is 1.82. The number of aromatic amines is 1. The molecular weight excluding hydrogens is 206 g/mol. The standard InChI is InChI=1S/C11H15N3O2/c1-13-8(4-5-12)7-2-3-9-10(6-7)16-11(15)14-9/h2-3,6,8,13H,4-5,12H2,1H3,(H,14,15). The molecule has 0 spiro atoms. The van der Waals surface area contributed by atoms with Crippen molar-refractivity contribution < 1.29 is 4.42 Å². The summed E-state index contributed by atoms with van der Waals surface area (Å²) in [5, 5.41) is 3.18. The van der Waals surface area contributed by atoms with E-state index in [4.69, 9.17) is 10.2 Å². The molecule has 4 N–H and O–H groups in total. The number of aromatic nitrogens is 1. The fourth-order valence-corrected chi connectivity index (χ4v) is 1.82. The van der Waals surface area contributed by atoms with Crippen molar-refractivity contribution >= 4 is 11.1 Å². The van der Waals surface area contributed by atoms with Crippen LogP contribution in [-0.4, -0.2) is 18.6 Å². The average molecular weight is 221 g/mol. The van der Waals surface area contributed by atoms with Gasteiger partial charge in [0.25, 0.3) is 0 Å². The molecule has 86 valence electrons. The van der Waals surface area contributed by atoms with Crippen molar-refractivity contribution in [1.82, 2.24) is 10.3 Å². The van der Waals surface area contributed by atoms with Crippen LogP contribution in [0, 0.1) is 0 Å². The second-order valence-corrected chi connectivity index (χ2v) is 3.69. The van der Waals surface area contributed by atoms with E-state index >= 15 is 0 Å². The zero-order valence-corrected chi connectivity index (χ0v) is 9.12. The lowest BCUT2D eigenvalue weighted by atomic mass is 10.0. The highest BCUT2D eigenvalue weighted by Gasteiger charge is 2.10. The Labute approximate surface area is 92.6 Å². The number of fused-ring (bicyclic) bond motifs is 1. The Bertz CT molecular complexity index is 529. The molecule has 2 aromatic rings. The molecule has 0 fully saturated rings. The number of H-pyrrole nitrogens is 1. The third-order valence-electron chi connectivity index (χ3n) is 2.65. The van der Waals surface area contributed by atoms with Gasteiger partial charge in [0.1, 0.15) is 0 Å². The molecule has 1 atom stereocenters. The quantitative estimate of drug-likeness (QED) is 0.710. The Morgan fingerprint density at radius 1 is 1.56 bits per heavy atom. The van der Waals surface area contributed by atoms with Crippen molar-refractivity contribution in [3.05, 3.63) is 34.3 Å². The van der Waals surface area contributed by atoms with Crippen molar-refractivity contribution in [3.8, 4) is 0 Å². The predicted octanol–water partition coefficient (Wildman–Crippen LogP) is 0.730. The molecule has 1 unspecified atom stereocenters. The predicted molar refractivity (Wildman–Crippen MR) is 62.3 cm³/mol. The van der Waals surface area contributed by atoms with E-state index in [0.717, 1.165) is 17.5 Å². The summed E-state index contributed by atoms with van der Waals surface area (Å²) in [5.74, 6) is -0.424. The van der Waals surface area contributed by atoms with Gasteiger partial charge in [0.2, 0.25) is 0 Å². The van der Waals surface area contributed by atoms with Crippen molar-refractivity contribution in [3.63, 3.8) is 0 Å². The monoisotopic (exact) mass is 221 g/mol. The summed E-state index contributed by atoms with van der Waals surface area (Å²) in [6.45, 7) is 0.612. The summed E-state index contributed by atoms with van der Waals surface area (Å²) in [7, 11) is 1.89. The van der Waals surface area contributed by atoms with Gasteiger partial charge in [-0.25, -0.2) is 4.79 Å². The minimum absolute atomic E-state index is 0.189. The van der Waals surface area contributed by atoms with Gasteiger partial charge in [-0.1, -0.05) is 6.07 Å². The topological polar surface area (TPSA) is 84.0 Å². The van der Waals surface area contributed by atoms with E-state index < -0.39 is 5.76 Å². The van der Waals surface area contributed by atoms with Crippen molar-refractivity contribution in [2.45, 2.75) is 12.5 Å². The van der Waals surface area contributed by atoms with Gasteiger partial charge >= 0.3 is 5.76 Å². The third kappa shape index (κ3) is 2.00. The van der Waals surface area contributed by atoms with Crippen LogP contribution >= 0.6 is 0 Å². The van der Waals surface area contributed by atoms with Crippen LogP contribution < -0.4 is 16.8 Å². The number of nitrogens with two attached hydrogens (primary N) is 1. The summed E-state index contributed by atoms with van der Waals surface area (Å²) in [4.78, 5) is 13.6. The molecular formula is C11H15N3O2. The summed E-state index contributed by atoms with van der Waals surface area (Å²) >= 11 is 0. The zero-order chi connectivity index (χ0) is 11.5. The van der Waals surface area contributed by atoms with Gasteiger partial charge in [-0.15, -0.1) is 0 Å². The Morgan fingerprint density at radius 3 is 3.06 bits per heavy atom. The minimum Gasteiger partial charge on any atom is -0.408 e. The molecule has 0 saturated heterocycles. The molecule has 5 heteroatoms. The normalized spacial score (nSPS) is 13.1. The average Bonchev–Trinajstić information content (AvgIpc) is 2.64. The molecule has 0 aliphatic rings. The number of hydrogen-bond donors (Lipinski definition) is 3. The van der Waals surface area contributed by atoms with Crippen molar-refractivity contribution in [2.24, 2.45) is 5.73 Å².